The quantitative estimate of drug-likeness (QED) is 0.662. The van der Waals surface area contributed by atoms with Crippen LogP contribution in [0.3, 0.4) is 0 Å². The van der Waals surface area contributed by atoms with Crippen molar-refractivity contribution in [2.45, 2.75) is 6.54 Å². The van der Waals surface area contributed by atoms with Gasteiger partial charge in [0.2, 0.25) is 0 Å². The molecule has 3 aromatic rings. The summed E-state index contributed by atoms with van der Waals surface area (Å²) in [6.07, 6.45) is 2.03. The molecule has 0 amide bonds. The van der Waals surface area contributed by atoms with Gasteiger partial charge in [0.05, 0.1) is 24.6 Å². The minimum Gasteiger partial charge on any atom is -0.395 e. The number of nitrogens with zero attached hydrogens (tertiary/aromatic N) is 3. The average Bonchev–Trinajstić information content (AvgIpc) is 3.07. The summed E-state index contributed by atoms with van der Waals surface area (Å²) in [6.45, 7) is 1.79. The minimum absolute atomic E-state index is 0.0630. The Labute approximate surface area is 147 Å². The fourth-order valence-electron chi connectivity index (χ4n) is 2.87. The standard InChI is InChI=1S/C20H23N3O2/c24-13-11-22(12-14-25)15-18-16-23(19-9-5-2-6-10-19)21-20(18)17-7-3-1-4-8-17/h1-10,16,24-25H,11-15H2. The van der Waals surface area contributed by atoms with Crippen LogP contribution in [0.2, 0.25) is 0 Å². The smallest absolute Gasteiger partial charge is 0.0972 e. The Bertz CT molecular complexity index is 766. The van der Waals surface area contributed by atoms with Crippen LogP contribution in [0.4, 0.5) is 0 Å². The first-order valence-corrected chi connectivity index (χ1v) is 8.45. The monoisotopic (exact) mass is 337 g/mol. The van der Waals surface area contributed by atoms with Gasteiger partial charge in [-0.2, -0.15) is 5.10 Å². The molecule has 0 spiro atoms. The van der Waals surface area contributed by atoms with Gasteiger partial charge in [0.1, 0.15) is 0 Å². The van der Waals surface area contributed by atoms with Gasteiger partial charge in [-0.3, -0.25) is 4.90 Å². The zero-order valence-corrected chi connectivity index (χ0v) is 14.1. The van der Waals surface area contributed by atoms with Crippen molar-refractivity contribution in [3.63, 3.8) is 0 Å². The molecule has 0 aliphatic rings. The second kappa shape index (κ2) is 8.58. The van der Waals surface area contributed by atoms with Gasteiger partial charge in [-0.1, -0.05) is 48.5 Å². The second-order valence-corrected chi connectivity index (χ2v) is 5.87. The highest BCUT2D eigenvalue weighted by molar-refractivity contribution is 5.63. The van der Waals surface area contributed by atoms with Gasteiger partial charge in [-0.05, 0) is 12.1 Å². The Morgan fingerprint density at radius 3 is 2.04 bits per heavy atom. The maximum Gasteiger partial charge on any atom is 0.0972 e. The Kier molecular flexibility index (Phi) is 5.95. The second-order valence-electron chi connectivity index (χ2n) is 5.87. The van der Waals surface area contributed by atoms with E-state index in [0.29, 0.717) is 19.6 Å². The van der Waals surface area contributed by atoms with Gasteiger partial charge in [-0.15, -0.1) is 0 Å². The number of para-hydroxylation sites is 1. The first-order chi connectivity index (χ1) is 12.3. The van der Waals surface area contributed by atoms with Gasteiger partial charge >= 0.3 is 0 Å². The number of rotatable bonds is 8. The molecule has 2 N–H and O–H groups in total. The molecular weight excluding hydrogens is 314 g/mol. The number of hydrogen-bond donors (Lipinski definition) is 2. The fourth-order valence-corrected chi connectivity index (χ4v) is 2.87. The highest BCUT2D eigenvalue weighted by Crippen LogP contribution is 2.24. The van der Waals surface area contributed by atoms with Crippen molar-refractivity contribution in [2.24, 2.45) is 0 Å². The van der Waals surface area contributed by atoms with Gasteiger partial charge in [0.25, 0.3) is 0 Å². The van der Waals surface area contributed by atoms with Crippen molar-refractivity contribution in [3.8, 4) is 16.9 Å². The Morgan fingerprint density at radius 2 is 1.44 bits per heavy atom. The summed E-state index contributed by atoms with van der Waals surface area (Å²) in [7, 11) is 0. The lowest BCUT2D eigenvalue weighted by Gasteiger charge is -2.19. The van der Waals surface area contributed by atoms with Gasteiger partial charge in [0.15, 0.2) is 0 Å². The number of aliphatic hydroxyl groups is 2. The molecule has 0 bridgehead atoms. The van der Waals surface area contributed by atoms with E-state index in [1.165, 1.54) is 0 Å². The zero-order chi connectivity index (χ0) is 17.5. The van der Waals surface area contributed by atoms with Crippen molar-refractivity contribution in [1.82, 2.24) is 14.7 Å². The van der Waals surface area contributed by atoms with Crippen LogP contribution in [0.1, 0.15) is 5.56 Å². The van der Waals surface area contributed by atoms with Crippen molar-refractivity contribution < 1.29 is 10.2 Å². The van der Waals surface area contributed by atoms with E-state index in [-0.39, 0.29) is 13.2 Å². The lowest BCUT2D eigenvalue weighted by Crippen LogP contribution is -2.29. The number of hydrogen-bond acceptors (Lipinski definition) is 4. The van der Waals surface area contributed by atoms with E-state index in [1.807, 2.05) is 76.4 Å². The normalized spacial score (nSPS) is 11.2. The van der Waals surface area contributed by atoms with Crippen LogP contribution in [0.25, 0.3) is 16.9 Å². The topological polar surface area (TPSA) is 61.5 Å². The summed E-state index contributed by atoms with van der Waals surface area (Å²) in [5, 5.41) is 23.3. The van der Waals surface area contributed by atoms with Crippen molar-refractivity contribution in [2.75, 3.05) is 26.3 Å². The van der Waals surface area contributed by atoms with E-state index in [0.717, 1.165) is 22.5 Å². The summed E-state index contributed by atoms with van der Waals surface area (Å²) in [4.78, 5) is 2.03. The molecule has 1 heterocycles. The van der Waals surface area contributed by atoms with Crippen molar-refractivity contribution in [3.05, 3.63) is 72.4 Å². The first kappa shape index (κ1) is 17.4. The molecule has 0 aliphatic carbocycles. The molecule has 2 aromatic carbocycles. The maximum atomic E-state index is 9.27. The number of aromatic nitrogens is 2. The molecule has 1 aromatic heterocycles. The van der Waals surface area contributed by atoms with Gasteiger partial charge < -0.3 is 10.2 Å². The highest BCUT2D eigenvalue weighted by Gasteiger charge is 2.15. The average molecular weight is 337 g/mol. The van der Waals surface area contributed by atoms with Crippen LogP contribution in [-0.4, -0.2) is 51.2 Å². The van der Waals surface area contributed by atoms with Crippen LogP contribution in [0, 0.1) is 0 Å². The molecule has 0 saturated heterocycles. The van der Waals surface area contributed by atoms with E-state index in [4.69, 9.17) is 5.10 Å². The summed E-state index contributed by atoms with van der Waals surface area (Å²) in [6, 6.07) is 20.1. The molecule has 0 unspecified atom stereocenters. The fraction of sp³-hybridized carbons (Fsp3) is 0.250. The highest BCUT2D eigenvalue weighted by atomic mass is 16.3. The Hall–Kier alpha value is -2.47. The predicted molar refractivity (Wildman–Crippen MR) is 98.4 cm³/mol. The Balaban J connectivity index is 1.98. The molecule has 5 heteroatoms. The molecule has 5 nitrogen and oxygen atoms in total. The molecule has 0 atom stereocenters. The van der Waals surface area contributed by atoms with Gasteiger partial charge in [0, 0.05) is 37.0 Å². The SMILES string of the molecule is OCCN(CCO)Cc1cn(-c2ccccc2)nc1-c1ccccc1. The van der Waals surface area contributed by atoms with E-state index in [2.05, 4.69) is 0 Å². The molecule has 0 radical (unpaired) electrons. The van der Waals surface area contributed by atoms with Crippen molar-refractivity contribution >= 4 is 0 Å². The van der Waals surface area contributed by atoms with Crippen LogP contribution in [0.15, 0.2) is 66.9 Å². The predicted octanol–water partition coefficient (Wildman–Crippen LogP) is 2.33. The third kappa shape index (κ3) is 4.33. The van der Waals surface area contributed by atoms with Crippen LogP contribution in [-0.2, 0) is 6.54 Å². The van der Waals surface area contributed by atoms with Crippen LogP contribution < -0.4 is 0 Å². The van der Waals surface area contributed by atoms with Crippen LogP contribution in [0.5, 0.6) is 0 Å². The van der Waals surface area contributed by atoms with E-state index in [1.54, 1.807) is 0 Å². The Morgan fingerprint density at radius 1 is 0.840 bits per heavy atom. The first-order valence-electron chi connectivity index (χ1n) is 8.45. The molecular formula is C20H23N3O2. The van der Waals surface area contributed by atoms with E-state index >= 15 is 0 Å². The summed E-state index contributed by atoms with van der Waals surface area (Å²) < 4.78 is 1.88. The molecule has 130 valence electrons. The largest absolute Gasteiger partial charge is 0.395 e. The van der Waals surface area contributed by atoms with Crippen LogP contribution >= 0.6 is 0 Å². The van der Waals surface area contributed by atoms with E-state index in [9.17, 15) is 10.2 Å². The lowest BCUT2D eigenvalue weighted by molar-refractivity contribution is 0.156. The zero-order valence-electron chi connectivity index (χ0n) is 14.1. The minimum atomic E-state index is 0.0630. The third-order valence-electron chi connectivity index (χ3n) is 4.08. The summed E-state index contributed by atoms with van der Waals surface area (Å²) in [5.41, 5.74) is 4.05. The molecule has 25 heavy (non-hydrogen) atoms. The van der Waals surface area contributed by atoms with Gasteiger partial charge in [-0.25, -0.2) is 4.68 Å². The van der Waals surface area contributed by atoms with E-state index < -0.39 is 0 Å². The lowest BCUT2D eigenvalue weighted by atomic mass is 10.1. The summed E-state index contributed by atoms with van der Waals surface area (Å²) in [5.74, 6) is 0. The third-order valence-corrected chi connectivity index (χ3v) is 4.08. The number of benzene rings is 2. The molecule has 0 aliphatic heterocycles. The molecule has 3 rings (SSSR count). The summed E-state index contributed by atoms with van der Waals surface area (Å²) >= 11 is 0. The maximum absolute atomic E-state index is 9.27. The molecule has 0 saturated carbocycles. The molecule has 0 fully saturated rings. The number of aliphatic hydroxyl groups excluding tert-OH is 2. The van der Waals surface area contributed by atoms with Crippen molar-refractivity contribution in [1.29, 1.82) is 0 Å².